The zero-order chi connectivity index (χ0) is 11.5. The van der Waals surface area contributed by atoms with Gasteiger partial charge in [-0.3, -0.25) is 4.79 Å². The normalized spacial score (nSPS) is 24.2. The van der Waals surface area contributed by atoms with Crippen molar-refractivity contribution in [2.75, 3.05) is 14.1 Å². The highest BCUT2D eigenvalue weighted by atomic mass is 16.5. The minimum Gasteiger partial charge on any atom is -0.348 e. The molecule has 88 valence electrons. The van der Waals surface area contributed by atoms with Crippen molar-refractivity contribution in [3.05, 3.63) is 12.2 Å². The molecule has 16 heavy (non-hydrogen) atoms. The van der Waals surface area contributed by atoms with Crippen LogP contribution in [0.15, 0.2) is 10.9 Å². The molecule has 1 aromatic rings. The van der Waals surface area contributed by atoms with E-state index in [1.54, 1.807) is 0 Å². The number of amides is 1. The van der Waals surface area contributed by atoms with E-state index in [9.17, 15) is 4.79 Å². The Balaban J connectivity index is 1.70. The fourth-order valence-corrected chi connectivity index (χ4v) is 1.80. The second kappa shape index (κ2) is 4.61. The van der Waals surface area contributed by atoms with Crippen LogP contribution in [0.5, 0.6) is 0 Å². The van der Waals surface area contributed by atoms with Crippen LogP contribution in [0.1, 0.15) is 18.7 Å². The molecule has 1 aromatic heterocycles. The first-order valence-electron chi connectivity index (χ1n) is 5.36. The molecular formula is C10H16N4O2. The molecule has 0 aliphatic heterocycles. The molecule has 1 heterocycles. The summed E-state index contributed by atoms with van der Waals surface area (Å²) in [5.41, 5.74) is 0. The van der Waals surface area contributed by atoms with Crippen molar-refractivity contribution in [1.82, 2.24) is 20.4 Å². The van der Waals surface area contributed by atoms with E-state index in [1.165, 1.54) is 6.39 Å². The topological polar surface area (TPSA) is 71.3 Å². The highest BCUT2D eigenvalue weighted by molar-refractivity contribution is 5.79. The predicted octanol–water partition coefficient (Wildman–Crippen LogP) is 0.0260. The molecular weight excluding hydrogens is 208 g/mol. The van der Waals surface area contributed by atoms with Crippen LogP contribution in [-0.4, -0.2) is 41.1 Å². The zero-order valence-corrected chi connectivity index (χ0v) is 9.51. The van der Waals surface area contributed by atoms with Crippen molar-refractivity contribution < 1.29 is 9.32 Å². The molecule has 0 bridgehead atoms. The summed E-state index contributed by atoms with van der Waals surface area (Å²) in [5, 5.41) is 6.43. The van der Waals surface area contributed by atoms with Crippen molar-refractivity contribution >= 4 is 5.91 Å². The summed E-state index contributed by atoms with van der Waals surface area (Å²) in [4.78, 5) is 17.7. The third-order valence-corrected chi connectivity index (χ3v) is 3.04. The minimum atomic E-state index is 0.0860. The van der Waals surface area contributed by atoms with Gasteiger partial charge in [-0.15, -0.1) is 0 Å². The quantitative estimate of drug-likeness (QED) is 0.781. The maximum Gasteiger partial charge on any atom is 0.223 e. The third-order valence-electron chi connectivity index (χ3n) is 3.04. The van der Waals surface area contributed by atoms with E-state index in [0.717, 1.165) is 12.8 Å². The van der Waals surface area contributed by atoms with Gasteiger partial charge in [0, 0.05) is 12.0 Å². The summed E-state index contributed by atoms with van der Waals surface area (Å²) in [6.45, 7) is 0.346. The molecule has 1 aliphatic carbocycles. The van der Waals surface area contributed by atoms with E-state index in [4.69, 9.17) is 0 Å². The monoisotopic (exact) mass is 224 g/mol. The maximum absolute atomic E-state index is 11.7. The average molecular weight is 224 g/mol. The van der Waals surface area contributed by atoms with Crippen LogP contribution < -0.4 is 5.32 Å². The molecule has 0 atom stereocenters. The molecule has 0 saturated heterocycles. The van der Waals surface area contributed by atoms with Gasteiger partial charge in [-0.2, -0.15) is 4.98 Å². The third kappa shape index (κ3) is 2.38. The molecule has 1 saturated carbocycles. The lowest BCUT2D eigenvalue weighted by molar-refractivity contribution is -0.129. The second-order valence-electron chi connectivity index (χ2n) is 4.35. The van der Waals surface area contributed by atoms with Gasteiger partial charge in [0.15, 0.2) is 5.82 Å². The zero-order valence-electron chi connectivity index (χ0n) is 9.51. The number of hydrogen-bond donors (Lipinski definition) is 1. The molecule has 0 radical (unpaired) electrons. The van der Waals surface area contributed by atoms with E-state index in [2.05, 4.69) is 24.9 Å². The first-order valence-corrected chi connectivity index (χ1v) is 5.36. The summed E-state index contributed by atoms with van der Waals surface area (Å²) in [7, 11) is 4.08. The van der Waals surface area contributed by atoms with E-state index in [1.807, 2.05) is 14.1 Å². The Morgan fingerprint density at radius 2 is 2.38 bits per heavy atom. The van der Waals surface area contributed by atoms with Crippen LogP contribution >= 0.6 is 0 Å². The Labute approximate surface area is 94.0 Å². The molecule has 0 unspecified atom stereocenters. The van der Waals surface area contributed by atoms with Gasteiger partial charge in [0.1, 0.15) is 0 Å². The van der Waals surface area contributed by atoms with Crippen molar-refractivity contribution in [2.45, 2.75) is 25.4 Å². The van der Waals surface area contributed by atoms with E-state index >= 15 is 0 Å². The number of carbonyl (C=O) groups is 1. The molecule has 0 aromatic carbocycles. The van der Waals surface area contributed by atoms with Gasteiger partial charge in [-0.1, -0.05) is 5.16 Å². The summed E-state index contributed by atoms with van der Waals surface area (Å²) < 4.78 is 4.58. The maximum atomic E-state index is 11.7. The standard InChI is InChI=1S/C10H16N4O2/c1-14(2)8-3-7(4-8)10(15)11-5-9-12-6-16-13-9/h6-8H,3-5H2,1-2H3,(H,11,15). The minimum absolute atomic E-state index is 0.0860. The molecule has 1 aliphatic rings. The van der Waals surface area contributed by atoms with Gasteiger partial charge < -0.3 is 14.7 Å². The van der Waals surface area contributed by atoms with Crippen LogP contribution in [0.4, 0.5) is 0 Å². The average Bonchev–Trinajstić information content (AvgIpc) is 2.63. The highest BCUT2D eigenvalue weighted by Gasteiger charge is 2.35. The Hall–Kier alpha value is -1.43. The molecule has 6 nitrogen and oxygen atoms in total. The lowest BCUT2D eigenvalue weighted by Gasteiger charge is -2.38. The van der Waals surface area contributed by atoms with Gasteiger partial charge in [-0.05, 0) is 26.9 Å². The lowest BCUT2D eigenvalue weighted by atomic mass is 9.79. The first kappa shape index (κ1) is 11.1. The van der Waals surface area contributed by atoms with E-state index in [-0.39, 0.29) is 11.8 Å². The smallest absolute Gasteiger partial charge is 0.223 e. The molecule has 1 N–H and O–H groups in total. The number of nitrogens with zero attached hydrogens (tertiary/aromatic N) is 3. The predicted molar refractivity (Wildman–Crippen MR) is 56.3 cm³/mol. The Morgan fingerprint density at radius 1 is 1.62 bits per heavy atom. The Bertz CT molecular complexity index is 344. The first-order chi connectivity index (χ1) is 7.66. The Morgan fingerprint density at radius 3 is 2.94 bits per heavy atom. The highest BCUT2D eigenvalue weighted by Crippen LogP contribution is 2.30. The number of carbonyl (C=O) groups excluding carboxylic acids is 1. The van der Waals surface area contributed by atoms with Crippen LogP contribution in [0, 0.1) is 5.92 Å². The summed E-state index contributed by atoms with van der Waals surface area (Å²) >= 11 is 0. The van der Waals surface area contributed by atoms with Crippen LogP contribution in [0.25, 0.3) is 0 Å². The van der Waals surface area contributed by atoms with E-state index < -0.39 is 0 Å². The largest absolute Gasteiger partial charge is 0.348 e. The van der Waals surface area contributed by atoms with Crippen molar-refractivity contribution in [3.8, 4) is 0 Å². The second-order valence-corrected chi connectivity index (χ2v) is 4.35. The number of aromatic nitrogens is 2. The van der Waals surface area contributed by atoms with Crippen LogP contribution in [0.3, 0.4) is 0 Å². The number of rotatable bonds is 4. The Kier molecular flexibility index (Phi) is 3.19. The van der Waals surface area contributed by atoms with Crippen LogP contribution in [0.2, 0.25) is 0 Å². The van der Waals surface area contributed by atoms with Crippen molar-refractivity contribution in [2.24, 2.45) is 5.92 Å². The van der Waals surface area contributed by atoms with Crippen molar-refractivity contribution in [3.63, 3.8) is 0 Å². The van der Waals surface area contributed by atoms with Crippen LogP contribution in [-0.2, 0) is 11.3 Å². The fraction of sp³-hybridized carbons (Fsp3) is 0.700. The fourth-order valence-electron chi connectivity index (χ4n) is 1.80. The van der Waals surface area contributed by atoms with E-state index in [0.29, 0.717) is 18.4 Å². The summed E-state index contributed by atoms with van der Waals surface area (Å²) in [5.74, 6) is 0.735. The summed E-state index contributed by atoms with van der Waals surface area (Å²) in [6.07, 6.45) is 3.13. The number of hydrogen-bond acceptors (Lipinski definition) is 5. The van der Waals surface area contributed by atoms with Gasteiger partial charge in [-0.25, -0.2) is 0 Å². The van der Waals surface area contributed by atoms with Crippen molar-refractivity contribution in [1.29, 1.82) is 0 Å². The van der Waals surface area contributed by atoms with Gasteiger partial charge in [0.05, 0.1) is 6.54 Å². The SMILES string of the molecule is CN(C)C1CC(C(=O)NCc2ncon2)C1. The van der Waals surface area contributed by atoms with Gasteiger partial charge >= 0.3 is 0 Å². The molecule has 2 rings (SSSR count). The lowest BCUT2D eigenvalue weighted by Crippen LogP contribution is -2.46. The number of nitrogens with one attached hydrogen (secondary N) is 1. The molecule has 1 amide bonds. The molecule has 6 heteroatoms. The molecule has 1 fully saturated rings. The summed E-state index contributed by atoms with van der Waals surface area (Å²) in [6, 6.07) is 0.543. The van der Waals surface area contributed by atoms with Gasteiger partial charge in [0.2, 0.25) is 12.3 Å². The van der Waals surface area contributed by atoms with Gasteiger partial charge in [0.25, 0.3) is 0 Å². The molecule has 0 spiro atoms.